The molecule has 0 radical (unpaired) electrons. The monoisotopic (exact) mass is 453 g/mol. The van der Waals surface area contributed by atoms with Gasteiger partial charge < -0.3 is 9.80 Å². The molecule has 5 rings (SSSR count). The Balaban J connectivity index is 1.12. The summed E-state index contributed by atoms with van der Waals surface area (Å²) in [6.45, 7) is 2.78. The summed E-state index contributed by atoms with van der Waals surface area (Å²) in [5, 5.41) is 11.0. The van der Waals surface area contributed by atoms with Crippen LogP contribution in [0.2, 0.25) is 0 Å². The van der Waals surface area contributed by atoms with E-state index in [1.54, 1.807) is 35.6 Å². The number of fused-ring (bicyclic) bond motifs is 1. The third kappa shape index (κ3) is 4.01. The van der Waals surface area contributed by atoms with Crippen LogP contribution in [0, 0.1) is 0 Å². The minimum atomic E-state index is -0.312. The zero-order valence-electron chi connectivity index (χ0n) is 18.0. The van der Waals surface area contributed by atoms with Crippen molar-refractivity contribution in [2.75, 3.05) is 37.6 Å². The molecule has 0 bridgehead atoms. The van der Waals surface area contributed by atoms with Gasteiger partial charge in [0.2, 0.25) is 11.0 Å². The lowest BCUT2D eigenvalue weighted by atomic mass is 9.90. The molecule has 3 amide bonds. The Bertz CT molecular complexity index is 989. The summed E-state index contributed by atoms with van der Waals surface area (Å²) >= 11 is 1.70. The summed E-state index contributed by atoms with van der Waals surface area (Å²) < 4.78 is 0. The van der Waals surface area contributed by atoms with Crippen molar-refractivity contribution < 1.29 is 14.4 Å². The molecule has 9 heteroatoms. The predicted octanol–water partition coefficient (Wildman–Crippen LogP) is 2.92. The number of carbonyl (C=O) groups excluding carboxylic acids is 3. The molecular formula is C23H27N5O3S. The number of carbonyl (C=O) groups is 3. The number of nitrogens with zero attached hydrogens (tertiary/aromatic N) is 5. The highest BCUT2D eigenvalue weighted by atomic mass is 32.1. The molecule has 0 atom stereocenters. The van der Waals surface area contributed by atoms with E-state index in [0.29, 0.717) is 30.1 Å². The minimum Gasteiger partial charge on any atom is -0.343 e. The van der Waals surface area contributed by atoms with Crippen LogP contribution in [0.25, 0.3) is 0 Å². The lowest BCUT2D eigenvalue weighted by Gasteiger charge is -2.34. The lowest BCUT2D eigenvalue weighted by molar-refractivity contribution is -0.131. The van der Waals surface area contributed by atoms with Crippen LogP contribution in [0.5, 0.6) is 0 Å². The largest absolute Gasteiger partial charge is 0.343 e. The lowest BCUT2D eigenvalue weighted by Crippen LogP contribution is -2.49. The number of imide groups is 1. The van der Waals surface area contributed by atoms with Crippen LogP contribution < -0.4 is 4.90 Å². The first-order valence-electron chi connectivity index (χ1n) is 11.4. The van der Waals surface area contributed by atoms with Crippen molar-refractivity contribution in [2.24, 2.45) is 0 Å². The third-order valence-electron chi connectivity index (χ3n) is 6.71. The molecule has 2 aromatic rings. The fourth-order valence-electron chi connectivity index (χ4n) is 4.82. The molecular weight excluding hydrogens is 426 g/mol. The summed E-state index contributed by atoms with van der Waals surface area (Å²) in [5.41, 5.74) is 0.839. The Morgan fingerprint density at radius 1 is 0.938 bits per heavy atom. The standard InChI is InChI=1S/C23H27N5O3S/c29-19(10-11-28-21(30)17-8-4-5-9-18(17)22(28)31)26-12-14-27(15-13-26)23-25-24-20(32-23)16-6-2-1-3-7-16/h4-5,8-9,16H,1-3,6-7,10-15H2. The Morgan fingerprint density at radius 2 is 1.59 bits per heavy atom. The Hall–Kier alpha value is -2.81. The van der Waals surface area contributed by atoms with Crippen LogP contribution in [0.3, 0.4) is 0 Å². The van der Waals surface area contributed by atoms with Crippen molar-refractivity contribution in [3.8, 4) is 0 Å². The maximum absolute atomic E-state index is 12.7. The first kappa shape index (κ1) is 21.1. The topological polar surface area (TPSA) is 86.7 Å². The number of rotatable bonds is 5. The molecule has 8 nitrogen and oxygen atoms in total. The fourth-order valence-corrected chi connectivity index (χ4v) is 5.89. The van der Waals surface area contributed by atoms with Crippen LogP contribution in [-0.4, -0.2) is 70.4 Å². The van der Waals surface area contributed by atoms with Crippen molar-refractivity contribution in [1.29, 1.82) is 0 Å². The molecule has 3 heterocycles. The molecule has 32 heavy (non-hydrogen) atoms. The van der Waals surface area contributed by atoms with Gasteiger partial charge in [-0.3, -0.25) is 19.3 Å². The summed E-state index contributed by atoms with van der Waals surface area (Å²) in [6, 6.07) is 6.80. The van der Waals surface area contributed by atoms with Gasteiger partial charge in [0, 0.05) is 45.1 Å². The van der Waals surface area contributed by atoms with Gasteiger partial charge in [0.1, 0.15) is 5.01 Å². The molecule has 2 aliphatic heterocycles. The van der Waals surface area contributed by atoms with Crippen molar-refractivity contribution in [2.45, 2.75) is 44.4 Å². The van der Waals surface area contributed by atoms with Crippen LogP contribution >= 0.6 is 11.3 Å². The highest BCUT2D eigenvalue weighted by molar-refractivity contribution is 7.15. The molecule has 1 aromatic carbocycles. The third-order valence-corrected chi connectivity index (χ3v) is 7.86. The highest BCUT2D eigenvalue weighted by Crippen LogP contribution is 2.36. The smallest absolute Gasteiger partial charge is 0.261 e. The minimum absolute atomic E-state index is 0.0265. The second kappa shape index (κ2) is 8.97. The van der Waals surface area contributed by atoms with Crippen molar-refractivity contribution in [3.05, 3.63) is 40.4 Å². The average Bonchev–Trinajstić information content (AvgIpc) is 3.43. The van der Waals surface area contributed by atoms with Gasteiger partial charge in [-0.1, -0.05) is 42.7 Å². The van der Waals surface area contributed by atoms with E-state index in [1.165, 1.54) is 37.0 Å². The Kier molecular flexibility index (Phi) is 5.91. The van der Waals surface area contributed by atoms with Crippen LogP contribution in [0.15, 0.2) is 24.3 Å². The van der Waals surface area contributed by atoms with Gasteiger partial charge >= 0.3 is 0 Å². The number of benzene rings is 1. The summed E-state index contributed by atoms with van der Waals surface area (Å²) in [7, 11) is 0. The number of amides is 3. The number of anilines is 1. The number of hydrogen-bond acceptors (Lipinski definition) is 7. The average molecular weight is 454 g/mol. The Labute approximate surface area is 191 Å². The summed E-state index contributed by atoms with van der Waals surface area (Å²) in [5.74, 6) is -0.0945. The van der Waals surface area contributed by atoms with Crippen LogP contribution in [0.4, 0.5) is 5.13 Å². The summed E-state index contributed by atoms with van der Waals surface area (Å²) in [4.78, 5) is 42.9. The Morgan fingerprint density at radius 3 is 2.25 bits per heavy atom. The number of piperazine rings is 1. The predicted molar refractivity (Wildman–Crippen MR) is 121 cm³/mol. The van der Waals surface area contributed by atoms with E-state index in [0.717, 1.165) is 23.2 Å². The van der Waals surface area contributed by atoms with E-state index >= 15 is 0 Å². The van der Waals surface area contributed by atoms with Gasteiger partial charge in [-0.25, -0.2) is 0 Å². The maximum atomic E-state index is 12.7. The van der Waals surface area contributed by atoms with E-state index < -0.39 is 0 Å². The van der Waals surface area contributed by atoms with E-state index in [1.807, 2.05) is 4.90 Å². The normalized spacial score (nSPS) is 19.6. The van der Waals surface area contributed by atoms with Crippen molar-refractivity contribution in [3.63, 3.8) is 0 Å². The molecule has 2 fully saturated rings. The fraction of sp³-hybridized carbons (Fsp3) is 0.522. The molecule has 1 aromatic heterocycles. The van der Waals surface area contributed by atoms with Crippen molar-refractivity contribution in [1.82, 2.24) is 20.0 Å². The van der Waals surface area contributed by atoms with Gasteiger partial charge in [-0.2, -0.15) is 0 Å². The summed E-state index contributed by atoms with van der Waals surface area (Å²) in [6.07, 6.45) is 6.46. The SMILES string of the molecule is O=C(CCN1C(=O)c2ccccc2C1=O)N1CCN(c2nnc(C3CCCCC3)s2)CC1. The van der Waals surface area contributed by atoms with Gasteiger partial charge in [0.25, 0.3) is 11.8 Å². The molecule has 168 valence electrons. The zero-order valence-corrected chi connectivity index (χ0v) is 18.9. The number of hydrogen-bond donors (Lipinski definition) is 0. The van der Waals surface area contributed by atoms with Crippen LogP contribution in [-0.2, 0) is 4.79 Å². The second-order valence-electron chi connectivity index (χ2n) is 8.68. The van der Waals surface area contributed by atoms with E-state index in [2.05, 4.69) is 15.1 Å². The molecule has 0 N–H and O–H groups in total. The maximum Gasteiger partial charge on any atom is 0.261 e. The van der Waals surface area contributed by atoms with E-state index in [4.69, 9.17) is 0 Å². The van der Waals surface area contributed by atoms with Gasteiger partial charge in [0.15, 0.2) is 0 Å². The van der Waals surface area contributed by atoms with Gasteiger partial charge in [-0.05, 0) is 25.0 Å². The molecule has 0 unspecified atom stereocenters. The van der Waals surface area contributed by atoms with E-state index in [9.17, 15) is 14.4 Å². The molecule has 0 spiro atoms. The highest BCUT2D eigenvalue weighted by Gasteiger charge is 2.35. The molecule has 3 aliphatic rings. The number of aromatic nitrogens is 2. The second-order valence-corrected chi connectivity index (χ2v) is 9.67. The van der Waals surface area contributed by atoms with Gasteiger partial charge in [-0.15, -0.1) is 10.2 Å². The molecule has 1 aliphatic carbocycles. The quantitative estimate of drug-likeness (QED) is 0.647. The first-order chi connectivity index (χ1) is 15.6. The molecule has 1 saturated carbocycles. The van der Waals surface area contributed by atoms with E-state index in [-0.39, 0.29) is 30.7 Å². The first-order valence-corrected chi connectivity index (χ1v) is 12.2. The van der Waals surface area contributed by atoms with Crippen molar-refractivity contribution >= 4 is 34.2 Å². The van der Waals surface area contributed by atoms with Gasteiger partial charge in [0.05, 0.1) is 11.1 Å². The van der Waals surface area contributed by atoms with Crippen LogP contribution in [0.1, 0.15) is 70.2 Å². The molecule has 1 saturated heterocycles. The zero-order chi connectivity index (χ0) is 22.1.